The summed E-state index contributed by atoms with van der Waals surface area (Å²) in [6, 6.07) is 14.1. The molecule has 5 heteroatoms. The smallest absolute Gasteiger partial charge is 0.240 e. The maximum absolute atomic E-state index is 10.2. The minimum Gasteiger partial charge on any atom is -0.387 e. The van der Waals surface area contributed by atoms with E-state index in [-0.39, 0.29) is 0 Å². The van der Waals surface area contributed by atoms with E-state index >= 15 is 0 Å². The summed E-state index contributed by atoms with van der Waals surface area (Å²) in [5.41, 5.74) is 0.892. The van der Waals surface area contributed by atoms with Crippen molar-refractivity contribution in [3.63, 3.8) is 0 Å². The van der Waals surface area contributed by atoms with Crippen molar-refractivity contribution in [3.05, 3.63) is 59.7 Å². The average molecular weight is 283 g/mol. The second kappa shape index (κ2) is 6.03. The van der Waals surface area contributed by atoms with E-state index in [4.69, 9.17) is 4.52 Å². The number of rotatable bonds is 5. The SMILES string of the molecule is Cc1noc(CNCC(O)c2ccc3ccccc3c2)n1. The Bertz CT molecular complexity index is 739. The number of aromatic nitrogens is 2. The Morgan fingerprint density at radius 1 is 1.19 bits per heavy atom. The van der Waals surface area contributed by atoms with Gasteiger partial charge in [0.25, 0.3) is 0 Å². The highest BCUT2D eigenvalue weighted by Crippen LogP contribution is 2.20. The number of aliphatic hydroxyl groups excluding tert-OH is 1. The summed E-state index contributed by atoms with van der Waals surface area (Å²) in [7, 11) is 0. The van der Waals surface area contributed by atoms with Crippen molar-refractivity contribution in [1.82, 2.24) is 15.5 Å². The largest absolute Gasteiger partial charge is 0.387 e. The Labute approximate surface area is 122 Å². The molecule has 3 aromatic rings. The van der Waals surface area contributed by atoms with Crippen LogP contribution < -0.4 is 5.32 Å². The van der Waals surface area contributed by atoms with E-state index in [1.54, 1.807) is 6.92 Å². The summed E-state index contributed by atoms with van der Waals surface area (Å²) in [6.07, 6.45) is -0.571. The molecule has 1 aromatic heterocycles. The van der Waals surface area contributed by atoms with Crippen LogP contribution in [0.2, 0.25) is 0 Å². The lowest BCUT2D eigenvalue weighted by Gasteiger charge is -2.12. The fourth-order valence-corrected chi connectivity index (χ4v) is 2.26. The Hall–Kier alpha value is -2.24. The lowest BCUT2D eigenvalue weighted by atomic mass is 10.0. The van der Waals surface area contributed by atoms with Gasteiger partial charge in [0.1, 0.15) is 0 Å². The van der Waals surface area contributed by atoms with Crippen molar-refractivity contribution in [1.29, 1.82) is 0 Å². The van der Waals surface area contributed by atoms with Crippen LogP contribution in [-0.2, 0) is 6.54 Å². The molecule has 0 aliphatic rings. The molecule has 108 valence electrons. The van der Waals surface area contributed by atoms with Gasteiger partial charge >= 0.3 is 0 Å². The van der Waals surface area contributed by atoms with Crippen LogP contribution in [0.3, 0.4) is 0 Å². The summed E-state index contributed by atoms with van der Waals surface area (Å²) in [5.74, 6) is 1.14. The molecule has 0 aliphatic carbocycles. The summed E-state index contributed by atoms with van der Waals surface area (Å²) >= 11 is 0. The van der Waals surface area contributed by atoms with Gasteiger partial charge in [0.15, 0.2) is 5.82 Å². The monoisotopic (exact) mass is 283 g/mol. The molecule has 0 radical (unpaired) electrons. The summed E-state index contributed by atoms with van der Waals surface area (Å²) in [5, 5.41) is 19.4. The van der Waals surface area contributed by atoms with E-state index in [9.17, 15) is 5.11 Å². The number of nitrogens with one attached hydrogen (secondary N) is 1. The van der Waals surface area contributed by atoms with Crippen LogP contribution >= 0.6 is 0 Å². The van der Waals surface area contributed by atoms with Gasteiger partial charge in [0.2, 0.25) is 5.89 Å². The fraction of sp³-hybridized carbons (Fsp3) is 0.250. The number of hydrogen-bond acceptors (Lipinski definition) is 5. The number of fused-ring (bicyclic) bond motifs is 1. The predicted octanol–water partition coefficient (Wildman–Crippen LogP) is 2.35. The first-order valence-electron chi connectivity index (χ1n) is 6.89. The Balaban J connectivity index is 1.62. The summed E-state index contributed by atoms with van der Waals surface area (Å²) in [6.45, 7) is 2.65. The van der Waals surface area contributed by atoms with Gasteiger partial charge < -0.3 is 14.9 Å². The minimum atomic E-state index is -0.571. The zero-order chi connectivity index (χ0) is 14.7. The maximum atomic E-state index is 10.2. The minimum absolute atomic E-state index is 0.430. The molecule has 3 rings (SSSR count). The maximum Gasteiger partial charge on any atom is 0.240 e. The van der Waals surface area contributed by atoms with Crippen LogP contribution in [-0.4, -0.2) is 21.8 Å². The van der Waals surface area contributed by atoms with E-state index in [0.717, 1.165) is 10.9 Å². The van der Waals surface area contributed by atoms with Gasteiger partial charge in [-0.15, -0.1) is 0 Å². The number of benzene rings is 2. The van der Waals surface area contributed by atoms with Gasteiger partial charge in [-0.2, -0.15) is 4.98 Å². The van der Waals surface area contributed by atoms with Gasteiger partial charge in [-0.3, -0.25) is 0 Å². The van der Waals surface area contributed by atoms with Crippen molar-refractivity contribution >= 4 is 10.8 Å². The van der Waals surface area contributed by atoms with Crippen LogP contribution in [0.1, 0.15) is 23.4 Å². The molecule has 2 N–H and O–H groups in total. The molecule has 0 bridgehead atoms. The molecule has 0 aliphatic heterocycles. The van der Waals surface area contributed by atoms with E-state index in [1.807, 2.05) is 36.4 Å². The molecule has 1 heterocycles. The van der Waals surface area contributed by atoms with Crippen LogP contribution in [0.5, 0.6) is 0 Å². The molecule has 5 nitrogen and oxygen atoms in total. The first-order chi connectivity index (χ1) is 10.2. The second-order valence-electron chi connectivity index (χ2n) is 4.99. The van der Waals surface area contributed by atoms with Crippen molar-refractivity contribution in [2.45, 2.75) is 19.6 Å². The highest BCUT2D eigenvalue weighted by atomic mass is 16.5. The number of aryl methyl sites for hydroxylation is 1. The predicted molar refractivity (Wildman–Crippen MR) is 79.6 cm³/mol. The van der Waals surface area contributed by atoms with Crippen molar-refractivity contribution in [3.8, 4) is 0 Å². The van der Waals surface area contributed by atoms with Gasteiger partial charge in [0.05, 0.1) is 12.6 Å². The van der Waals surface area contributed by atoms with Crippen LogP contribution in [0.4, 0.5) is 0 Å². The van der Waals surface area contributed by atoms with Gasteiger partial charge in [-0.25, -0.2) is 0 Å². The van der Waals surface area contributed by atoms with Crippen molar-refractivity contribution < 1.29 is 9.63 Å². The molecule has 1 atom stereocenters. The van der Waals surface area contributed by atoms with E-state index in [1.165, 1.54) is 5.39 Å². The molecule has 0 saturated heterocycles. The third-order valence-electron chi connectivity index (χ3n) is 3.34. The average Bonchev–Trinajstić information content (AvgIpc) is 2.92. The fourth-order valence-electron chi connectivity index (χ4n) is 2.26. The molecular formula is C16H17N3O2. The lowest BCUT2D eigenvalue weighted by Crippen LogP contribution is -2.21. The van der Waals surface area contributed by atoms with E-state index in [2.05, 4.69) is 21.5 Å². The summed E-state index contributed by atoms with van der Waals surface area (Å²) in [4.78, 5) is 4.10. The summed E-state index contributed by atoms with van der Waals surface area (Å²) < 4.78 is 5.00. The Morgan fingerprint density at radius 2 is 2.00 bits per heavy atom. The number of hydrogen-bond donors (Lipinski definition) is 2. The number of nitrogens with zero attached hydrogens (tertiary/aromatic N) is 2. The highest BCUT2D eigenvalue weighted by Gasteiger charge is 2.09. The van der Waals surface area contributed by atoms with Crippen LogP contribution in [0.25, 0.3) is 10.8 Å². The zero-order valence-corrected chi connectivity index (χ0v) is 11.8. The standard InChI is InChI=1S/C16H17N3O2/c1-11-18-16(21-19-11)10-17-9-15(20)14-7-6-12-4-2-3-5-13(12)8-14/h2-8,15,17,20H,9-10H2,1H3. The van der Waals surface area contributed by atoms with E-state index in [0.29, 0.717) is 24.8 Å². The molecule has 0 fully saturated rings. The second-order valence-corrected chi connectivity index (χ2v) is 4.99. The van der Waals surface area contributed by atoms with Gasteiger partial charge in [-0.1, -0.05) is 41.6 Å². The molecular weight excluding hydrogens is 266 g/mol. The topological polar surface area (TPSA) is 71.2 Å². The molecule has 1 unspecified atom stereocenters. The van der Waals surface area contributed by atoms with Crippen LogP contribution in [0, 0.1) is 6.92 Å². The first kappa shape index (κ1) is 13.7. The molecule has 0 saturated carbocycles. The normalized spacial score (nSPS) is 12.7. The third kappa shape index (κ3) is 3.26. The molecule has 0 amide bonds. The Kier molecular flexibility index (Phi) is 3.94. The quantitative estimate of drug-likeness (QED) is 0.752. The Morgan fingerprint density at radius 3 is 2.76 bits per heavy atom. The number of aliphatic hydroxyl groups is 1. The first-order valence-corrected chi connectivity index (χ1v) is 6.89. The highest BCUT2D eigenvalue weighted by molar-refractivity contribution is 5.83. The van der Waals surface area contributed by atoms with Gasteiger partial charge in [-0.05, 0) is 29.3 Å². The van der Waals surface area contributed by atoms with Crippen molar-refractivity contribution in [2.75, 3.05) is 6.54 Å². The van der Waals surface area contributed by atoms with E-state index < -0.39 is 6.10 Å². The lowest BCUT2D eigenvalue weighted by molar-refractivity contribution is 0.173. The zero-order valence-electron chi connectivity index (χ0n) is 11.8. The van der Waals surface area contributed by atoms with Crippen molar-refractivity contribution in [2.24, 2.45) is 0 Å². The van der Waals surface area contributed by atoms with Crippen LogP contribution in [0.15, 0.2) is 47.0 Å². The molecule has 21 heavy (non-hydrogen) atoms. The molecule has 2 aromatic carbocycles. The van der Waals surface area contributed by atoms with Gasteiger partial charge in [0, 0.05) is 6.54 Å². The third-order valence-corrected chi connectivity index (χ3v) is 3.34. The molecule has 0 spiro atoms.